The van der Waals surface area contributed by atoms with Crippen LogP contribution in [0.25, 0.3) is 0 Å². The summed E-state index contributed by atoms with van der Waals surface area (Å²) in [6.45, 7) is 4.48. The molecule has 0 N–H and O–H groups in total. The lowest BCUT2D eigenvalue weighted by molar-refractivity contribution is 0.575. The molecule has 0 aliphatic carbocycles. The summed E-state index contributed by atoms with van der Waals surface area (Å²) in [5.41, 5.74) is 6.95. The molecule has 3 aromatic rings. The largest absolute Gasteiger partial charge is 0.0654 e. The van der Waals surface area contributed by atoms with Crippen molar-refractivity contribution in [1.29, 1.82) is 0 Å². The quantitative estimate of drug-likeness (QED) is 0.198. The molecule has 0 aromatic heterocycles. The summed E-state index contributed by atoms with van der Waals surface area (Å²) < 4.78 is 0. The zero-order chi connectivity index (χ0) is 24.6. The minimum Gasteiger partial charge on any atom is -0.0654 e. The summed E-state index contributed by atoms with van der Waals surface area (Å²) in [6, 6.07) is 25.6. The van der Waals surface area contributed by atoms with Crippen LogP contribution in [0.1, 0.15) is 105 Å². The van der Waals surface area contributed by atoms with Crippen LogP contribution in [-0.2, 0) is 12.8 Å². The van der Waals surface area contributed by atoms with Crippen LogP contribution in [-0.4, -0.2) is 0 Å². The van der Waals surface area contributed by atoms with E-state index in [4.69, 9.17) is 0 Å². The maximum atomic E-state index is 3.30. The van der Waals surface area contributed by atoms with Gasteiger partial charge in [-0.2, -0.15) is 0 Å². The van der Waals surface area contributed by atoms with E-state index in [9.17, 15) is 0 Å². The Bertz CT molecular complexity index is 1110. The van der Waals surface area contributed by atoms with Gasteiger partial charge < -0.3 is 0 Å². The van der Waals surface area contributed by atoms with Crippen LogP contribution >= 0.6 is 0 Å². The number of hydrogen-bond acceptors (Lipinski definition) is 0. The summed E-state index contributed by atoms with van der Waals surface area (Å²) in [7, 11) is 0. The highest BCUT2D eigenvalue weighted by atomic mass is 14.0. The summed E-state index contributed by atoms with van der Waals surface area (Å²) >= 11 is 0. The van der Waals surface area contributed by atoms with E-state index in [0.717, 1.165) is 28.7 Å². The zero-order valence-electron chi connectivity index (χ0n) is 21.7. The third-order valence-electron chi connectivity index (χ3n) is 6.35. The van der Waals surface area contributed by atoms with Gasteiger partial charge in [-0.15, -0.1) is 0 Å². The minimum atomic E-state index is 1.01. The molecule has 0 atom stereocenters. The summed E-state index contributed by atoms with van der Waals surface area (Å²) in [5.74, 6) is 13.1. The molecule has 0 amide bonds. The van der Waals surface area contributed by atoms with Gasteiger partial charge in [0.25, 0.3) is 0 Å². The molecule has 180 valence electrons. The predicted molar refractivity (Wildman–Crippen MR) is 152 cm³/mol. The van der Waals surface area contributed by atoms with Crippen LogP contribution in [0.2, 0.25) is 0 Å². The van der Waals surface area contributed by atoms with E-state index in [1.807, 2.05) is 0 Å². The van der Waals surface area contributed by atoms with Gasteiger partial charge in [0, 0.05) is 22.3 Å². The molecule has 0 nitrogen and oxygen atoms in total. The van der Waals surface area contributed by atoms with Crippen molar-refractivity contribution in [2.24, 2.45) is 0 Å². The Labute approximate surface area is 214 Å². The number of aryl methyl sites for hydroxylation is 2. The fraction of sp³-hybridized carbons (Fsp3) is 0.371. The van der Waals surface area contributed by atoms with Crippen LogP contribution < -0.4 is 0 Å². The normalized spacial score (nSPS) is 10.2. The Morgan fingerprint density at radius 2 is 0.714 bits per heavy atom. The van der Waals surface area contributed by atoms with Gasteiger partial charge in [-0.3, -0.25) is 0 Å². The topological polar surface area (TPSA) is 0 Å². The van der Waals surface area contributed by atoms with Gasteiger partial charge in [0.1, 0.15) is 0 Å². The van der Waals surface area contributed by atoms with Crippen LogP contribution in [0.3, 0.4) is 0 Å². The predicted octanol–water partition coefficient (Wildman–Crippen LogP) is 9.12. The zero-order valence-corrected chi connectivity index (χ0v) is 21.7. The van der Waals surface area contributed by atoms with Crippen molar-refractivity contribution in [3.8, 4) is 23.7 Å². The second kappa shape index (κ2) is 15.6. The molecule has 0 aliphatic heterocycles. The van der Waals surface area contributed by atoms with Crippen LogP contribution in [0.4, 0.5) is 0 Å². The summed E-state index contributed by atoms with van der Waals surface area (Å²) in [6.07, 6.45) is 14.4. The van der Waals surface area contributed by atoms with Crippen LogP contribution in [0.15, 0.2) is 72.8 Å². The molecule has 0 saturated carbocycles. The highest BCUT2D eigenvalue weighted by Gasteiger charge is 1.96. The molecule has 0 heterocycles. The molecule has 0 fully saturated rings. The molecule has 0 saturated heterocycles. The van der Waals surface area contributed by atoms with Crippen molar-refractivity contribution < 1.29 is 0 Å². The average molecular weight is 461 g/mol. The molecular formula is C35H40. The highest BCUT2D eigenvalue weighted by molar-refractivity contribution is 5.48. The van der Waals surface area contributed by atoms with Gasteiger partial charge in [-0.1, -0.05) is 113 Å². The fourth-order valence-corrected chi connectivity index (χ4v) is 4.19. The molecule has 0 aliphatic rings. The van der Waals surface area contributed by atoms with Crippen molar-refractivity contribution in [3.63, 3.8) is 0 Å². The maximum Gasteiger partial charge on any atom is 0.0249 e. The highest BCUT2D eigenvalue weighted by Crippen LogP contribution is 2.12. The molecule has 0 radical (unpaired) electrons. The molecule has 0 heteroatoms. The Balaban J connectivity index is 1.44. The van der Waals surface area contributed by atoms with E-state index in [0.29, 0.717) is 0 Å². The van der Waals surface area contributed by atoms with Gasteiger partial charge in [0.2, 0.25) is 0 Å². The molecule has 0 bridgehead atoms. The summed E-state index contributed by atoms with van der Waals surface area (Å²) in [4.78, 5) is 0. The minimum absolute atomic E-state index is 1.01. The van der Waals surface area contributed by atoms with Crippen LogP contribution in [0, 0.1) is 23.7 Å². The van der Waals surface area contributed by atoms with Gasteiger partial charge in [-0.25, -0.2) is 0 Å². The van der Waals surface area contributed by atoms with E-state index in [2.05, 4.69) is 110 Å². The third-order valence-corrected chi connectivity index (χ3v) is 6.35. The average Bonchev–Trinajstić information content (AvgIpc) is 2.90. The number of unbranched alkanes of at least 4 members (excludes halogenated alkanes) is 7. The fourth-order valence-electron chi connectivity index (χ4n) is 4.19. The monoisotopic (exact) mass is 460 g/mol. The van der Waals surface area contributed by atoms with Crippen molar-refractivity contribution in [2.45, 2.75) is 84.5 Å². The number of hydrogen-bond donors (Lipinski definition) is 0. The molecule has 35 heavy (non-hydrogen) atoms. The molecule has 3 aromatic carbocycles. The first-order valence-corrected chi connectivity index (χ1v) is 13.6. The molecule has 3 rings (SSSR count). The first-order valence-electron chi connectivity index (χ1n) is 13.6. The van der Waals surface area contributed by atoms with Gasteiger partial charge in [0.15, 0.2) is 0 Å². The molecular weight excluding hydrogens is 420 g/mol. The lowest BCUT2D eigenvalue weighted by Gasteiger charge is -2.03. The lowest BCUT2D eigenvalue weighted by atomic mass is 10.0. The first-order chi connectivity index (χ1) is 17.3. The van der Waals surface area contributed by atoms with Crippen molar-refractivity contribution in [1.82, 2.24) is 0 Å². The Kier molecular flexibility index (Phi) is 11.8. The second-order valence-electron chi connectivity index (χ2n) is 9.45. The van der Waals surface area contributed by atoms with Gasteiger partial charge >= 0.3 is 0 Å². The van der Waals surface area contributed by atoms with E-state index in [1.165, 1.54) is 75.3 Å². The second-order valence-corrected chi connectivity index (χ2v) is 9.45. The smallest absolute Gasteiger partial charge is 0.0249 e. The summed E-state index contributed by atoms with van der Waals surface area (Å²) in [5, 5.41) is 0. The lowest BCUT2D eigenvalue weighted by Crippen LogP contribution is -1.87. The van der Waals surface area contributed by atoms with Gasteiger partial charge in [0.05, 0.1) is 0 Å². The number of benzene rings is 3. The van der Waals surface area contributed by atoms with Crippen LogP contribution in [0.5, 0.6) is 0 Å². The third kappa shape index (κ3) is 10.3. The Morgan fingerprint density at radius 3 is 1.11 bits per heavy atom. The maximum absolute atomic E-state index is 3.30. The Hall–Kier alpha value is -3.22. The van der Waals surface area contributed by atoms with E-state index in [-0.39, 0.29) is 0 Å². The SMILES string of the molecule is CCCCCCCCCCc1ccc(C#Cc2ccc(C#Cc3ccc(CCC)cc3)cc2)cc1. The Morgan fingerprint density at radius 1 is 0.371 bits per heavy atom. The van der Waals surface area contributed by atoms with E-state index < -0.39 is 0 Å². The number of rotatable bonds is 11. The molecule has 0 spiro atoms. The van der Waals surface area contributed by atoms with Crippen molar-refractivity contribution >= 4 is 0 Å². The standard InChI is InChI=1S/C35H40/c1-3-5-6-7-8-9-10-11-13-31-16-20-33(21-17-31)23-25-35-28-26-34(27-29-35)24-22-32-18-14-30(12-4-2)15-19-32/h14-21,26-29H,3-13H2,1-2H3. The van der Waals surface area contributed by atoms with E-state index >= 15 is 0 Å². The van der Waals surface area contributed by atoms with Crippen molar-refractivity contribution in [3.05, 3.63) is 106 Å². The van der Waals surface area contributed by atoms with Crippen molar-refractivity contribution in [2.75, 3.05) is 0 Å². The first kappa shape index (κ1) is 26.4. The van der Waals surface area contributed by atoms with E-state index in [1.54, 1.807) is 0 Å². The van der Waals surface area contributed by atoms with Gasteiger partial charge in [-0.05, 0) is 78.9 Å². The molecule has 0 unspecified atom stereocenters.